The minimum Gasteiger partial charge on any atom is -0.493 e. The van der Waals surface area contributed by atoms with Crippen molar-refractivity contribution >= 4 is 16.0 Å². The van der Waals surface area contributed by atoms with Gasteiger partial charge in [0.1, 0.15) is 11.4 Å². The van der Waals surface area contributed by atoms with Crippen LogP contribution in [-0.4, -0.2) is 39.8 Å². The molecule has 0 aliphatic carbocycles. The monoisotopic (exact) mass is 377 g/mol. The molecule has 1 aliphatic rings. The fraction of sp³-hybridized carbons (Fsp3) is 0.278. The first-order valence-electron chi connectivity index (χ1n) is 7.98. The van der Waals surface area contributed by atoms with E-state index in [1.165, 1.54) is 31.4 Å². The maximum Gasteiger partial charge on any atom is 0.337 e. The largest absolute Gasteiger partial charge is 0.493 e. The Labute approximate surface area is 151 Å². The summed E-state index contributed by atoms with van der Waals surface area (Å²) in [6, 6.07) is 12.4. The third-order valence-electron chi connectivity index (χ3n) is 4.30. The first kappa shape index (κ1) is 18.4. The zero-order chi connectivity index (χ0) is 18.8. The summed E-state index contributed by atoms with van der Waals surface area (Å²) in [4.78, 5) is 11.4. The average Bonchev–Trinajstić information content (AvgIpc) is 2.66. The van der Waals surface area contributed by atoms with Gasteiger partial charge >= 0.3 is 5.97 Å². The number of para-hydroxylation sites is 1. The van der Waals surface area contributed by atoms with Gasteiger partial charge in [-0.1, -0.05) is 18.2 Å². The van der Waals surface area contributed by atoms with Gasteiger partial charge in [-0.15, -0.1) is 0 Å². The van der Waals surface area contributed by atoms with Crippen molar-refractivity contribution in [3.05, 3.63) is 59.7 Å². The molecule has 0 spiro atoms. The van der Waals surface area contributed by atoms with Gasteiger partial charge in [-0.25, -0.2) is 17.9 Å². The fourth-order valence-electron chi connectivity index (χ4n) is 2.81. The lowest BCUT2D eigenvalue weighted by atomic mass is 9.88. The summed E-state index contributed by atoms with van der Waals surface area (Å²) in [6.45, 7) is 0.109. The molecule has 0 saturated heterocycles. The molecule has 1 atom stereocenters. The van der Waals surface area contributed by atoms with Crippen LogP contribution in [0, 0.1) is 0 Å². The molecule has 3 rings (SSSR count). The second-order valence-corrected chi connectivity index (χ2v) is 7.73. The van der Waals surface area contributed by atoms with E-state index in [4.69, 9.17) is 4.74 Å². The molecule has 2 aromatic carbocycles. The molecule has 0 bridgehead atoms. The van der Waals surface area contributed by atoms with Crippen molar-refractivity contribution in [3.63, 3.8) is 0 Å². The number of hydrogen-bond acceptors (Lipinski definition) is 6. The van der Waals surface area contributed by atoms with Crippen LogP contribution in [0.3, 0.4) is 0 Å². The molecular formula is C18H19NO6S. The third-order valence-corrected chi connectivity index (χ3v) is 5.72. The van der Waals surface area contributed by atoms with Gasteiger partial charge in [-0.2, -0.15) is 0 Å². The molecule has 8 heteroatoms. The van der Waals surface area contributed by atoms with Crippen molar-refractivity contribution in [2.24, 2.45) is 0 Å². The molecule has 7 nitrogen and oxygen atoms in total. The summed E-state index contributed by atoms with van der Waals surface area (Å²) in [5.41, 5.74) is -0.549. The Balaban J connectivity index is 1.78. The first-order chi connectivity index (χ1) is 12.4. The number of carbonyl (C=O) groups excluding carboxylic acids is 1. The number of carbonyl (C=O) groups is 1. The number of methoxy groups -OCH3 is 1. The number of sulfonamides is 1. The molecule has 0 aromatic heterocycles. The van der Waals surface area contributed by atoms with Crippen LogP contribution in [0.25, 0.3) is 0 Å². The van der Waals surface area contributed by atoms with Gasteiger partial charge in [0, 0.05) is 18.5 Å². The molecule has 1 aliphatic heterocycles. The minimum absolute atomic E-state index is 0.00547. The Bertz CT molecular complexity index is 910. The summed E-state index contributed by atoms with van der Waals surface area (Å²) in [5.74, 6) is -0.00194. The summed E-state index contributed by atoms with van der Waals surface area (Å²) >= 11 is 0. The Morgan fingerprint density at radius 1 is 1.23 bits per heavy atom. The van der Waals surface area contributed by atoms with Gasteiger partial charge in [0.2, 0.25) is 10.0 Å². The van der Waals surface area contributed by atoms with E-state index in [9.17, 15) is 18.3 Å². The predicted molar refractivity (Wildman–Crippen MR) is 93.4 cm³/mol. The highest BCUT2D eigenvalue weighted by Crippen LogP contribution is 2.36. The molecule has 26 heavy (non-hydrogen) atoms. The Morgan fingerprint density at radius 2 is 1.92 bits per heavy atom. The van der Waals surface area contributed by atoms with E-state index in [-0.39, 0.29) is 23.4 Å². The maximum absolute atomic E-state index is 12.5. The Kier molecular flexibility index (Phi) is 4.99. The lowest BCUT2D eigenvalue weighted by Gasteiger charge is -2.34. The molecule has 0 fully saturated rings. The number of hydrogen-bond donors (Lipinski definition) is 2. The lowest BCUT2D eigenvalue weighted by Crippen LogP contribution is -2.43. The summed E-state index contributed by atoms with van der Waals surface area (Å²) < 4.78 is 37.5. The Hall–Kier alpha value is -2.42. The number of benzene rings is 2. The van der Waals surface area contributed by atoms with E-state index in [0.717, 1.165) is 0 Å². The van der Waals surface area contributed by atoms with Crippen molar-refractivity contribution in [1.82, 2.24) is 4.72 Å². The zero-order valence-corrected chi connectivity index (χ0v) is 15.0. The predicted octanol–water partition coefficient (Wildman–Crippen LogP) is 1.42. The highest BCUT2D eigenvalue weighted by molar-refractivity contribution is 7.89. The van der Waals surface area contributed by atoms with Crippen molar-refractivity contribution in [2.75, 3.05) is 20.3 Å². The smallest absolute Gasteiger partial charge is 0.337 e. The van der Waals surface area contributed by atoms with Gasteiger partial charge in [0.15, 0.2) is 0 Å². The average molecular weight is 377 g/mol. The van der Waals surface area contributed by atoms with Gasteiger partial charge in [-0.3, -0.25) is 0 Å². The van der Waals surface area contributed by atoms with E-state index in [0.29, 0.717) is 17.9 Å². The van der Waals surface area contributed by atoms with Gasteiger partial charge in [0.25, 0.3) is 0 Å². The second-order valence-electron chi connectivity index (χ2n) is 5.97. The van der Waals surface area contributed by atoms with E-state index in [1.807, 2.05) is 0 Å². The van der Waals surface area contributed by atoms with Gasteiger partial charge < -0.3 is 14.6 Å². The van der Waals surface area contributed by atoms with Crippen LogP contribution < -0.4 is 9.46 Å². The normalized spacial score (nSPS) is 19.3. The van der Waals surface area contributed by atoms with E-state index < -0.39 is 21.6 Å². The number of esters is 1. The van der Waals surface area contributed by atoms with Crippen molar-refractivity contribution in [1.29, 1.82) is 0 Å². The Morgan fingerprint density at radius 3 is 2.62 bits per heavy atom. The maximum atomic E-state index is 12.5. The number of ether oxygens (including phenoxy) is 2. The van der Waals surface area contributed by atoms with Crippen LogP contribution in [-0.2, 0) is 20.4 Å². The van der Waals surface area contributed by atoms with Crippen LogP contribution >= 0.6 is 0 Å². The highest BCUT2D eigenvalue weighted by atomic mass is 32.2. The fourth-order valence-corrected chi connectivity index (χ4v) is 3.90. The van der Waals surface area contributed by atoms with Crippen LogP contribution in [0.1, 0.15) is 22.3 Å². The zero-order valence-electron chi connectivity index (χ0n) is 14.1. The summed E-state index contributed by atoms with van der Waals surface area (Å²) in [7, 11) is -2.60. The number of rotatable bonds is 5. The first-order valence-corrected chi connectivity index (χ1v) is 9.47. The van der Waals surface area contributed by atoms with Gasteiger partial charge in [-0.05, 0) is 30.3 Å². The van der Waals surface area contributed by atoms with Crippen LogP contribution in [0.5, 0.6) is 5.75 Å². The number of nitrogens with one attached hydrogen (secondary N) is 1. The van der Waals surface area contributed by atoms with E-state index >= 15 is 0 Å². The topological polar surface area (TPSA) is 102 Å². The van der Waals surface area contributed by atoms with Crippen LogP contribution in [0.15, 0.2) is 53.4 Å². The molecule has 2 N–H and O–H groups in total. The molecule has 0 radical (unpaired) electrons. The summed E-state index contributed by atoms with van der Waals surface area (Å²) in [6.07, 6.45) is 0.272. The van der Waals surface area contributed by atoms with Crippen LogP contribution in [0.2, 0.25) is 0 Å². The molecule has 2 aromatic rings. The molecule has 0 unspecified atom stereocenters. The number of fused-ring (bicyclic) bond motifs is 1. The number of aliphatic hydroxyl groups is 1. The molecule has 0 amide bonds. The quantitative estimate of drug-likeness (QED) is 0.764. The highest BCUT2D eigenvalue weighted by Gasteiger charge is 2.36. The van der Waals surface area contributed by atoms with Gasteiger partial charge in [0.05, 0.1) is 24.2 Å². The van der Waals surface area contributed by atoms with E-state index in [1.54, 1.807) is 24.3 Å². The SMILES string of the molecule is COC(=O)c1ccc(S(=O)(=O)NC[C@]2(O)CCOc3ccccc32)cc1. The third kappa shape index (κ3) is 3.57. The molecular weight excluding hydrogens is 358 g/mol. The van der Waals surface area contributed by atoms with Crippen molar-refractivity contribution < 1.29 is 27.8 Å². The standard InChI is InChI=1S/C18H19NO6S/c1-24-17(20)13-6-8-14(9-7-13)26(22,23)19-12-18(21)10-11-25-16-5-3-2-4-15(16)18/h2-9,19,21H,10-12H2,1H3/t18-/m1/s1. The molecule has 1 heterocycles. The van der Waals surface area contributed by atoms with E-state index in [2.05, 4.69) is 9.46 Å². The van der Waals surface area contributed by atoms with Crippen LogP contribution in [0.4, 0.5) is 0 Å². The molecule has 0 saturated carbocycles. The minimum atomic E-state index is -3.85. The summed E-state index contributed by atoms with van der Waals surface area (Å²) in [5, 5.41) is 10.9. The van der Waals surface area contributed by atoms with Crippen molar-refractivity contribution in [2.45, 2.75) is 16.9 Å². The second kappa shape index (κ2) is 7.06. The lowest BCUT2D eigenvalue weighted by molar-refractivity contribution is 0.00219. The molecule has 138 valence electrons. The van der Waals surface area contributed by atoms with Crippen molar-refractivity contribution in [3.8, 4) is 5.75 Å².